The second kappa shape index (κ2) is 5.29. The molecule has 0 aromatic heterocycles. The number of nitrogens with one attached hydrogen (secondary N) is 1. The third kappa shape index (κ3) is 2.38. The summed E-state index contributed by atoms with van der Waals surface area (Å²) in [6.45, 7) is 1.80. The third-order valence-electron chi connectivity index (χ3n) is 4.09. The van der Waals surface area contributed by atoms with Crippen LogP contribution >= 0.6 is 0 Å². The molecule has 98 valence electrons. The first-order valence-corrected chi connectivity index (χ1v) is 6.87. The Kier molecular flexibility index (Phi) is 3.52. The maximum atomic E-state index is 5.41. The van der Waals surface area contributed by atoms with E-state index in [2.05, 4.69) is 23.5 Å². The second-order valence-corrected chi connectivity index (χ2v) is 5.21. The molecule has 1 atom stereocenters. The van der Waals surface area contributed by atoms with Crippen LogP contribution in [0.15, 0.2) is 18.2 Å². The van der Waals surface area contributed by atoms with Gasteiger partial charge in [-0.2, -0.15) is 0 Å². The monoisotopic (exact) mass is 247 g/mol. The Bertz CT molecular complexity index is 413. The van der Waals surface area contributed by atoms with Crippen molar-refractivity contribution >= 4 is 0 Å². The second-order valence-electron chi connectivity index (χ2n) is 5.21. The molecular formula is C15H21NO2. The Hall–Kier alpha value is -1.06. The lowest BCUT2D eigenvalue weighted by atomic mass is 10.0. The zero-order valence-electron chi connectivity index (χ0n) is 10.9. The first-order chi connectivity index (χ1) is 8.86. The number of hydrogen-bond acceptors (Lipinski definition) is 3. The molecule has 0 bridgehead atoms. The van der Waals surface area contributed by atoms with Crippen molar-refractivity contribution in [1.82, 2.24) is 5.32 Å². The van der Waals surface area contributed by atoms with Gasteiger partial charge < -0.3 is 14.8 Å². The highest BCUT2D eigenvalue weighted by atomic mass is 16.5. The molecule has 2 aliphatic rings. The number of benzene rings is 1. The predicted octanol–water partition coefficient (Wildman–Crippen LogP) is 2.45. The number of fused-ring (bicyclic) bond motifs is 1. The van der Waals surface area contributed by atoms with Gasteiger partial charge in [0.1, 0.15) is 5.75 Å². The summed E-state index contributed by atoms with van der Waals surface area (Å²) in [5.74, 6) is 0.967. The SMILES string of the molecule is COc1ccc2c(c1)C(NC1CCOCC1)CC2. The van der Waals surface area contributed by atoms with Gasteiger partial charge in [-0.1, -0.05) is 6.07 Å². The molecule has 1 aromatic rings. The molecule has 3 rings (SSSR count). The highest BCUT2D eigenvalue weighted by Gasteiger charge is 2.25. The Labute approximate surface area is 108 Å². The van der Waals surface area contributed by atoms with Gasteiger partial charge in [0.2, 0.25) is 0 Å². The van der Waals surface area contributed by atoms with Crippen molar-refractivity contribution in [1.29, 1.82) is 0 Å². The lowest BCUT2D eigenvalue weighted by Gasteiger charge is -2.27. The standard InChI is InChI=1S/C15H21NO2/c1-17-13-4-2-11-3-5-15(14(11)10-13)16-12-6-8-18-9-7-12/h2,4,10,12,15-16H,3,5-9H2,1H3. The van der Waals surface area contributed by atoms with E-state index in [1.54, 1.807) is 7.11 Å². The molecule has 0 amide bonds. The van der Waals surface area contributed by atoms with Gasteiger partial charge in [0.05, 0.1) is 7.11 Å². The minimum Gasteiger partial charge on any atom is -0.497 e. The zero-order valence-corrected chi connectivity index (χ0v) is 10.9. The molecule has 1 fully saturated rings. The number of rotatable bonds is 3. The Morgan fingerprint density at radius 1 is 1.22 bits per heavy atom. The smallest absolute Gasteiger partial charge is 0.119 e. The van der Waals surface area contributed by atoms with E-state index in [0.29, 0.717) is 12.1 Å². The molecule has 1 unspecified atom stereocenters. The van der Waals surface area contributed by atoms with Crippen LogP contribution in [0.2, 0.25) is 0 Å². The summed E-state index contributed by atoms with van der Waals surface area (Å²) in [5.41, 5.74) is 2.90. The van der Waals surface area contributed by atoms with E-state index in [9.17, 15) is 0 Å². The van der Waals surface area contributed by atoms with Gasteiger partial charge >= 0.3 is 0 Å². The van der Waals surface area contributed by atoms with Crippen LogP contribution < -0.4 is 10.1 Å². The van der Waals surface area contributed by atoms with Gasteiger partial charge in [-0.05, 0) is 48.9 Å². The van der Waals surface area contributed by atoms with Gasteiger partial charge in [-0.25, -0.2) is 0 Å². The van der Waals surface area contributed by atoms with Crippen LogP contribution in [0.1, 0.15) is 36.4 Å². The molecule has 0 spiro atoms. The Morgan fingerprint density at radius 2 is 2.06 bits per heavy atom. The number of aryl methyl sites for hydroxylation is 1. The van der Waals surface area contributed by atoms with Crippen molar-refractivity contribution in [3.63, 3.8) is 0 Å². The average molecular weight is 247 g/mol. The molecule has 1 aromatic carbocycles. The van der Waals surface area contributed by atoms with Crippen LogP contribution in [0.25, 0.3) is 0 Å². The van der Waals surface area contributed by atoms with Gasteiger partial charge in [0.25, 0.3) is 0 Å². The van der Waals surface area contributed by atoms with Crippen LogP contribution in [0.4, 0.5) is 0 Å². The molecule has 1 aliphatic heterocycles. The van der Waals surface area contributed by atoms with E-state index < -0.39 is 0 Å². The maximum Gasteiger partial charge on any atom is 0.119 e. The van der Waals surface area contributed by atoms with Crippen LogP contribution in [0, 0.1) is 0 Å². The first-order valence-electron chi connectivity index (χ1n) is 6.87. The first kappa shape index (κ1) is 12.0. The summed E-state index contributed by atoms with van der Waals surface area (Å²) in [7, 11) is 1.73. The largest absolute Gasteiger partial charge is 0.497 e. The number of methoxy groups -OCH3 is 1. The zero-order chi connectivity index (χ0) is 12.4. The minimum absolute atomic E-state index is 0.498. The maximum absolute atomic E-state index is 5.41. The predicted molar refractivity (Wildman–Crippen MR) is 71.0 cm³/mol. The fourth-order valence-corrected chi connectivity index (χ4v) is 3.03. The number of hydrogen-bond donors (Lipinski definition) is 1. The molecule has 3 heteroatoms. The molecule has 1 aliphatic carbocycles. The van der Waals surface area contributed by atoms with Crippen LogP contribution in [-0.4, -0.2) is 26.4 Å². The lowest BCUT2D eigenvalue weighted by molar-refractivity contribution is 0.0748. The van der Waals surface area contributed by atoms with Gasteiger partial charge in [0.15, 0.2) is 0 Å². The van der Waals surface area contributed by atoms with E-state index in [4.69, 9.17) is 9.47 Å². The van der Waals surface area contributed by atoms with E-state index in [1.165, 1.54) is 24.0 Å². The Balaban J connectivity index is 1.72. The van der Waals surface area contributed by atoms with Crippen molar-refractivity contribution in [2.24, 2.45) is 0 Å². The summed E-state index contributed by atoms with van der Waals surface area (Å²) in [4.78, 5) is 0. The topological polar surface area (TPSA) is 30.5 Å². The highest BCUT2D eigenvalue weighted by molar-refractivity contribution is 5.40. The van der Waals surface area contributed by atoms with Crippen LogP contribution in [0.5, 0.6) is 5.75 Å². The van der Waals surface area contributed by atoms with Crippen molar-refractivity contribution in [2.45, 2.75) is 37.8 Å². The van der Waals surface area contributed by atoms with Crippen LogP contribution in [0.3, 0.4) is 0 Å². The minimum atomic E-state index is 0.498. The summed E-state index contributed by atoms with van der Waals surface area (Å²) >= 11 is 0. The van der Waals surface area contributed by atoms with E-state index >= 15 is 0 Å². The van der Waals surface area contributed by atoms with E-state index in [-0.39, 0.29) is 0 Å². The summed E-state index contributed by atoms with van der Waals surface area (Å²) in [6.07, 6.45) is 4.66. The lowest BCUT2D eigenvalue weighted by Crippen LogP contribution is -2.36. The molecule has 0 radical (unpaired) electrons. The van der Waals surface area contributed by atoms with Crippen molar-refractivity contribution in [3.05, 3.63) is 29.3 Å². The molecule has 1 heterocycles. The summed E-state index contributed by atoms with van der Waals surface area (Å²) in [5, 5.41) is 3.79. The molecular weight excluding hydrogens is 226 g/mol. The average Bonchev–Trinajstić information content (AvgIpc) is 2.82. The van der Waals surface area contributed by atoms with Crippen LogP contribution in [-0.2, 0) is 11.2 Å². The van der Waals surface area contributed by atoms with E-state index in [1.807, 2.05) is 0 Å². The quantitative estimate of drug-likeness (QED) is 0.890. The van der Waals surface area contributed by atoms with Crippen molar-refractivity contribution < 1.29 is 9.47 Å². The molecule has 1 saturated heterocycles. The van der Waals surface area contributed by atoms with Crippen molar-refractivity contribution in [3.8, 4) is 5.75 Å². The Morgan fingerprint density at radius 3 is 2.83 bits per heavy atom. The summed E-state index contributed by atoms with van der Waals surface area (Å²) in [6, 6.07) is 7.58. The fraction of sp³-hybridized carbons (Fsp3) is 0.600. The summed E-state index contributed by atoms with van der Waals surface area (Å²) < 4.78 is 10.7. The van der Waals surface area contributed by atoms with Gasteiger partial charge in [-0.3, -0.25) is 0 Å². The number of ether oxygens (including phenoxy) is 2. The van der Waals surface area contributed by atoms with Crippen molar-refractivity contribution in [2.75, 3.05) is 20.3 Å². The molecule has 0 saturated carbocycles. The fourth-order valence-electron chi connectivity index (χ4n) is 3.03. The molecule has 18 heavy (non-hydrogen) atoms. The van der Waals surface area contributed by atoms with Gasteiger partial charge in [0, 0.05) is 25.3 Å². The van der Waals surface area contributed by atoms with Gasteiger partial charge in [-0.15, -0.1) is 0 Å². The highest BCUT2D eigenvalue weighted by Crippen LogP contribution is 2.34. The molecule has 3 nitrogen and oxygen atoms in total. The third-order valence-corrected chi connectivity index (χ3v) is 4.09. The normalized spacial score (nSPS) is 23.9. The molecule has 1 N–H and O–H groups in total. The van der Waals surface area contributed by atoms with E-state index in [0.717, 1.165) is 31.8 Å².